The SMILES string of the molecule is C/C=C\CCC(N)CC(CCC(C)CCC)C(C)(C)CC. The molecule has 0 aliphatic rings. The molecule has 0 amide bonds. The third kappa shape index (κ3) is 9.34. The third-order valence-corrected chi connectivity index (χ3v) is 5.33. The predicted molar refractivity (Wildman–Crippen MR) is 97.5 cm³/mol. The molecule has 0 aliphatic heterocycles. The van der Waals surface area contributed by atoms with Crippen LogP contribution in [0.1, 0.15) is 92.9 Å². The second kappa shape index (κ2) is 11.3. The van der Waals surface area contributed by atoms with Crippen molar-refractivity contribution in [3.8, 4) is 0 Å². The van der Waals surface area contributed by atoms with Crippen LogP contribution in [0.5, 0.6) is 0 Å². The van der Waals surface area contributed by atoms with Crippen LogP contribution in [-0.2, 0) is 0 Å². The maximum atomic E-state index is 6.40. The van der Waals surface area contributed by atoms with Crippen molar-refractivity contribution in [3.63, 3.8) is 0 Å². The molecule has 0 spiro atoms. The van der Waals surface area contributed by atoms with Gasteiger partial charge in [-0.2, -0.15) is 0 Å². The van der Waals surface area contributed by atoms with Gasteiger partial charge in [0.1, 0.15) is 0 Å². The zero-order valence-electron chi connectivity index (χ0n) is 15.6. The van der Waals surface area contributed by atoms with E-state index >= 15 is 0 Å². The van der Waals surface area contributed by atoms with Gasteiger partial charge >= 0.3 is 0 Å². The molecule has 2 N–H and O–H groups in total. The van der Waals surface area contributed by atoms with Gasteiger partial charge in [-0.1, -0.05) is 72.5 Å². The molecular weight excluding hydrogens is 254 g/mol. The van der Waals surface area contributed by atoms with Crippen LogP contribution in [0.4, 0.5) is 0 Å². The second-order valence-corrected chi connectivity index (χ2v) is 7.65. The maximum Gasteiger partial charge on any atom is 0.00446 e. The van der Waals surface area contributed by atoms with Crippen molar-refractivity contribution in [2.24, 2.45) is 23.0 Å². The Hall–Kier alpha value is -0.300. The molecule has 0 heterocycles. The van der Waals surface area contributed by atoms with Gasteiger partial charge in [-0.3, -0.25) is 0 Å². The Kier molecular flexibility index (Phi) is 11.1. The van der Waals surface area contributed by atoms with Crippen LogP contribution in [0.15, 0.2) is 12.2 Å². The van der Waals surface area contributed by atoms with E-state index in [0.29, 0.717) is 11.5 Å². The smallest absolute Gasteiger partial charge is 0.00446 e. The molecule has 0 saturated carbocycles. The van der Waals surface area contributed by atoms with Gasteiger partial charge in [0.15, 0.2) is 0 Å². The van der Waals surface area contributed by atoms with E-state index in [4.69, 9.17) is 5.73 Å². The fourth-order valence-corrected chi connectivity index (χ4v) is 3.20. The van der Waals surface area contributed by atoms with E-state index in [1.807, 2.05) is 0 Å². The van der Waals surface area contributed by atoms with Gasteiger partial charge in [0.25, 0.3) is 0 Å². The molecule has 0 aliphatic carbocycles. The minimum atomic E-state index is 0.360. The molecule has 0 aromatic carbocycles. The average molecular weight is 296 g/mol. The Balaban J connectivity index is 4.46. The quantitative estimate of drug-likeness (QED) is 0.418. The summed E-state index contributed by atoms with van der Waals surface area (Å²) in [5.41, 5.74) is 6.82. The van der Waals surface area contributed by atoms with Crippen molar-refractivity contribution in [1.82, 2.24) is 0 Å². The molecule has 0 radical (unpaired) electrons. The lowest BCUT2D eigenvalue weighted by atomic mass is 9.70. The third-order valence-electron chi connectivity index (χ3n) is 5.33. The van der Waals surface area contributed by atoms with Gasteiger partial charge in [-0.15, -0.1) is 0 Å². The summed E-state index contributed by atoms with van der Waals surface area (Å²) in [7, 11) is 0. The van der Waals surface area contributed by atoms with Crippen LogP contribution < -0.4 is 5.73 Å². The Labute approximate surface area is 134 Å². The first-order valence-corrected chi connectivity index (χ1v) is 9.24. The first-order valence-electron chi connectivity index (χ1n) is 9.24. The minimum Gasteiger partial charge on any atom is -0.328 e. The molecule has 3 atom stereocenters. The predicted octanol–water partition coefficient (Wildman–Crippen LogP) is 6.33. The summed E-state index contributed by atoms with van der Waals surface area (Å²) < 4.78 is 0. The van der Waals surface area contributed by atoms with Crippen LogP contribution in [0.2, 0.25) is 0 Å². The van der Waals surface area contributed by atoms with Crippen molar-refractivity contribution in [2.75, 3.05) is 0 Å². The zero-order chi connectivity index (χ0) is 16.3. The molecule has 0 saturated heterocycles. The van der Waals surface area contributed by atoms with E-state index in [9.17, 15) is 0 Å². The van der Waals surface area contributed by atoms with E-state index < -0.39 is 0 Å². The van der Waals surface area contributed by atoms with Gasteiger partial charge < -0.3 is 5.73 Å². The fourth-order valence-electron chi connectivity index (χ4n) is 3.20. The largest absolute Gasteiger partial charge is 0.328 e. The molecule has 0 rings (SSSR count). The summed E-state index contributed by atoms with van der Waals surface area (Å²) in [5.74, 6) is 1.63. The molecule has 0 fully saturated rings. The highest BCUT2D eigenvalue weighted by Gasteiger charge is 2.29. The van der Waals surface area contributed by atoms with E-state index in [-0.39, 0.29) is 0 Å². The lowest BCUT2D eigenvalue weighted by Gasteiger charge is -2.36. The lowest BCUT2D eigenvalue weighted by Crippen LogP contribution is -2.31. The molecule has 126 valence electrons. The van der Waals surface area contributed by atoms with E-state index in [1.165, 1.54) is 38.5 Å². The van der Waals surface area contributed by atoms with Gasteiger partial charge in [0.2, 0.25) is 0 Å². The highest BCUT2D eigenvalue weighted by molar-refractivity contribution is 4.84. The monoisotopic (exact) mass is 295 g/mol. The molecule has 0 aromatic rings. The molecule has 3 unspecified atom stereocenters. The summed E-state index contributed by atoms with van der Waals surface area (Å²) in [6.07, 6.45) is 14.5. The molecule has 1 nitrogen and oxygen atoms in total. The normalized spacial score (nSPS) is 17.1. The van der Waals surface area contributed by atoms with Crippen molar-refractivity contribution >= 4 is 0 Å². The Morgan fingerprint density at radius 2 is 1.71 bits per heavy atom. The summed E-state index contributed by atoms with van der Waals surface area (Å²) in [5, 5.41) is 0. The number of allylic oxidation sites excluding steroid dienone is 2. The fraction of sp³-hybridized carbons (Fsp3) is 0.900. The van der Waals surface area contributed by atoms with E-state index in [0.717, 1.165) is 24.7 Å². The van der Waals surface area contributed by atoms with Crippen molar-refractivity contribution in [3.05, 3.63) is 12.2 Å². The summed E-state index contributed by atoms with van der Waals surface area (Å²) >= 11 is 0. The standard InChI is InChI=1S/C20H41N/c1-7-10-11-13-19(21)16-18(20(5,6)9-3)15-14-17(4)12-8-2/h7,10,17-19H,8-9,11-16,21H2,1-6H3/b10-7-. The molecule has 21 heavy (non-hydrogen) atoms. The number of hydrogen-bond acceptors (Lipinski definition) is 1. The number of hydrogen-bond donors (Lipinski definition) is 1. The van der Waals surface area contributed by atoms with Crippen molar-refractivity contribution in [2.45, 2.75) is 99.0 Å². The van der Waals surface area contributed by atoms with Crippen molar-refractivity contribution in [1.29, 1.82) is 0 Å². The summed E-state index contributed by atoms with van der Waals surface area (Å²) in [4.78, 5) is 0. The van der Waals surface area contributed by atoms with Crippen LogP contribution in [0, 0.1) is 17.3 Å². The van der Waals surface area contributed by atoms with E-state index in [1.54, 1.807) is 0 Å². The first-order chi connectivity index (χ1) is 9.87. The van der Waals surface area contributed by atoms with Gasteiger partial charge in [0.05, 0.1) is 0 Å². The zero-order valence-corrected chi connectivity index (χ0v) is 15.6. The van der Waals surface area contributed by atoms with Gasteiger partial charge in [-0.25, -0.2) is 0 Å². The molecule has 1 heteroatoms. The highest BCUT2D eigenvalue weighted by atomic mass is 14.6. The second-order valence-electron chi connectivity index (χ2n) is 7.65. The van der Waals surface area contributed by atoms with Gasteiger partial charge in [0, 0.05) is 6.04 Å². The van der Waals surface area contributed by atoms with Crippen LogP contribution in [-0.4, -0.2) is 6.04 Å². The Morgan fingerprint density at radius 3 is 2.24 bits per heavy atom. The molecular formula is C20H41N. The topological polar surface area (TPSA) is 26.0 Å². The number of nitrogens with two attached hydrogens (primary N) is 1. The Morgan fingerprint density at radius 1 is 1.05 bits per heavy atom. The maximum absolute atomic E-state index is 6.40. The lowest BCUT2D eigenvalue weighted by molar-refractivity contribution is 0.158. The number of rotatable bonds is 12. The summed E-state index contributed by atoms with van der Waals surface area (Å²) in [6.45, 7) is 14.0. The molecule has 0 bridgehead atoms. The Bertz CT molecular complexity index is 267. The van der Waals surface area contributed by atoms with Crippen LogP contribution >= 0.6 is 0 Å². The van der Waals surface area contributed by atoms with Crippen LogP contribution in [0.25, 0.3) is 0 Å². The molecule has 0 aromatic heterocycles. The average Bonchev–Trinajstić information content (AvgIpc) is 2.43. The van der Waals surface area contributed by atoms with Gasteiger partial charge in [-0.05, 0) is 49.9 Å². The van der Waals surface area contributed by atoms with Crippen LogP contribution in [0.3, 0.4) is 0 Å². The van der Waals surface area contributed by atoms with Crippen molar-refractivity contribution < 1.29 is 0 Å². The summed E-state index contributed by atoms with van der Waals surface area (Å²) in [6, 6.07) is 0.360. The highest BCUT2D eigenvalue weighted by Crippen LogP contribution is 2.38. The first kappa shape index (κ1) is 20.7. The van der Waals surface area contributed by atoms with E-state index in [2.05, 4.69) is 53.7 Å². The minimum absolute atomic E-state index is 0.360.